The highest BCUT2D eigenvalue weighted by Crippen LogP contribution is 2.26. The van der Waals surface area contributed by atoms with Crippen LogP contribution in [-0.2, 0) is 0 Å². The molecule has 0 unspecified atom stereocenters. The Hall–Kier alpha value is -3.55. The number of nitrogens with one attached hydrogen (secondary N) is 2. The van der Waals surface area contributed by atoms with Crippen molar-refractivity contribution in [1.82, 2.24) is 15.2 Å². The van der Waals surface area contributed by atoms with Gasteiger partial charge in [-0.2, -0.15) is 10.1 Å². The lowest BCUT2D eigenvalue weighted by Crippen LogP contribution is -2.14. The second-order valence-corrected chi connectivity index (χ2v) is 5.89. The number of methoxy groups -OCH3 is 1. The van der Waals surface area contributed by atoms with E-state index in [1.807, 2.05) is 13.8 Å². The van der Waals surface area contributed by atoms with Crippen LogP contribution in [0.5, 0.6) is 23.3 Å². The Kier molecular flexibility index (Phi) is 5.55. The van der Waals surface area contributed by atoms with Crippen molar-refractivity contribution in [3.63, 3.8) is 0 Å². The Morgan fingerprint density at radius 2 is 1.78 bits per heavy atom. The fourth-order valence-corrected chi connectivity index (χ4v) is 2.25. The maximum atomic E-state index is 12.5. The van der Waals surface area contributed by atoms with E-state index in [4.69, 9.17) is 14.2 Å². The van der Waals surface area contributed by atoms with Crippen LogP contribution >= 0.6 is 0 Å². The van der Waals surface area contributed by atoms with E-state index in [1.54, 1.807) is 55.8 Å². The molecule has 0 aliphatic heterocycles. The van der Waals surface area contributed by atoms with E-state index in [9.17, 15) is 4.79 Å². The summed E-state index contributed by atoms with van der Waals surface area (Å²) >= 11 is 0. The average molecular weight is 368 g/mol. The highest BCUT2D eigenvalue weighted by atomic mass is 16.5. The van der Waals surface area contributed by atoms with Crippen molar-refractivity contribution in [3.8, 4) is 23.3 Å². The Balaban J connectivity index is 1.86. The van der Waals surface area contributed by atoms with E-state index in [-0.39, 0.29) is 17.9 Å². The highest BCUT2D eigenvalue weighted by molar-refractivity contribution is 6.04. The molecule has 0 saturated carbocycles. The van der Waals surface area contributed by atoms with Gasteiger partial charge >= 0.3 is 0 Å². The molecule has 0 atom stereocenters. The van der Waals surface area contributed by atoms with Crippen molar-refractivity contribution in [3.05, 3.63) is 54.2 Å². The lowest BCUT2D eigenvalue weighted by atomic mass is 10.2. The predicted octanol–water partition coefficient (Wildman–Crippen LogP) is 3.65. The summed E-state index contributed by atoms with van der Waals surface area (Å²) in [5.74, 6) is 1.88. The molecule has 1 aromatic carbocycles. The number of pyridine rings is 1. The second kappa shape index (κ2) is 8.22. The summed E-state index contributed by atoms with van der Waals surface area (Å²) in [5.41, 5.74) is 0.340. The molecule has 8 nitrogen and oxygen atoms in total. The number of aromatic nitrogens is 3. The van der Waals surface area contributed by atoms with Gasteiger partial charge in [-0.25, -0.2) is 0 Å². The maximum Gasteiger partial charge on any atom is 0.257 e. The zero-order valence-electron chi connectivity index (χ0n) is 15.2. The summed E-state index contributed by atoms with van der Waals surface area (Å²) in [6.45, 7) is 3.75. The summed E-state index contributed by atoms with van der Waals surface area (Å²) in [5, 5.41) is 9.24. The summed E-state index contributed by atoms with van der Waals surface area (Å²) < 4.78 is 16.6. The molecule has 140 valence electrons. The van der Waals surface area contributed by atoms with Crippen LogP contribution in [0.15, 0.2) is 48.7 Å². The molecule has 0 aliphatic rings. The third-order valence-corrected chi connectivity index (χ3v) is 3.42. The van der Waals surface area contributed by atoms with Gasteiger partial charge in [-0.05, 0) is 38.1 Å². The maximum absolute atomic E-state index is 12.5. The smallest absolute Gasteiger partial charge is 0.257 e. The Morgan fingerprint density at radius 1 is 1.07 bits per heavy atom. The predicted molar refractivity (Wildman–Crippen MR) is 99.6 cm³/mol. The zero-order valence-corrected chi connectivity index (χ0v) is 15.2. The fourth-order valence-electron chi connectivity index (χ4n) is 2.25. The first-order chi connectivity index (χ1) is 13.0. The van der Waals surface area contributed by atoms with Crippen LogP contribution in [0, 0.1) is 0 Å². The average Bonchev–Trinajstić information content (AvgIpc) is 3.14. The molecular weight excluding hydrogens is 348 g/mol. The molecule has 3 rings (SSSR count). The summed E-state index contributed by atoms with van der Waals surface area (Å²) in [7, 11) is 1.59. The van der Waals surface area contributed by atoms with Crippen molar-refractivity contribution in [1.29, 1.82) is 0 Å². The van der Waals surface area contributed by atoms with E-state index in [0.29, 0.717) is 28.8 Å². The summed E-state index contributed by atoms with van der Waals surface area (Å²) in [6, 6.07) is 11.8. The molecule has 27 heavy (non-hydrogen) atoms. The standard InChI is InChI=1S/C19H20N4O4/c1-12(2)26-17-10-13(19(24)21-16-8-9-20-23-16)11-18(22-17)27-15-6-4-14(25-3)5-7-15/h4-12H,1-3H3,(H2,20,21,23,24). The minimum Gasteiger partial charge on any atom is -0.497 e. The van der Waals surface area contributed by atoms with E-state index in [0.717, 1.165) is 0 Å². The molecule has 0 saturated heterocycles. The lowest BCUT2D eigenvalue weighted by molar-refractivity contribution is 0.102. The molecule has 0 bridgehead atoms. The summed E-state index contributed by atoms with van der Waals surface area (Å²) in [4.78, 5) is 16.8. The first kappa shape index (κ1) is 18.2. The first-order valence-electron chi connectivity index (χ1n) is 8.35. The number of ether oxygens (including phenoxy) is 3. The number of amides is 1. The Bertz CT molecular complexity index is 893. The molecule has 1 amide bonds. The van der Waals surface area contributed by atoms with E-state index in [2.05, 4.69) is 20.5 Å². The van der Waals surface area contributed by atoms with Crippen LogP contribution in [0.4, 0.5) is 5.82 Å². The molecule has 2 N–H and O–H groups in total. The molecule has 0 spiro atoms. The number of carbonyl (C=O) groups excluding carboxylic acids is 1. The van der Waals surface area contributed by atoms with Gasteiger partial charge in [0, 0.05) is 24.4 Å². The van der Waals surface area contributed by atoms with Crippen LogP contribution in [0.2, 0.25) is 0 Å². The minimum absolute atomic E-state index is 0.101. The summed E-state index contributed by atoms with van der Waals surface area (Å²) in [6.07, 6.45) is 1.52. The molecule has 2 aromatic heterocycles. The Labute approximate surface area is 156 Å². The monoisotopic (exact) mass is 368 g/mol. The van der Waals surface area contributed by atoms with Crippen molar-refractivity contribution in [2.45, 2.75) is 20.0 Å². The molecule has 0 radical (unpaired) electrons. The highest BCUT2D eigenvalue weighted by Gasteiger charge is 2.14. The molecule has 0 fully saturated rings. The van der Waals surface area contributed by atoms with Crippen LogP contribution in [-0.4, -0.2) is 34.3 Å². The van der Waals surface area contributed by atoms with Gasteiger partial charge in [-0.3, -0.25) is 9.89 Å². The molecular formula is C19H20N4O4. The number of nitrogens with zero attached hydrogens (tertiary/aromatic N) is 2. The van der Waals surface area contributed by atoms with Crippen LogP contribution in [0.25, 0.3) is 0 Å². The quantitative estimate of drug-likeness (QED) is 0.661. The number of rotatable bonds is 7. The largest absolute Gasteiger partial charge is 0.497 e. The van der Waals surface area contributed by atoms with Crippen molar-refractivity contribution in [2.75, 3.05) is 12.4 Å². The minimum atomic E-state index is -0.349. The van der Waals surface area contributed by atoms with Crippen LogP contribution < -0.4 is 19.5 Å². The zero-order chi connectivity index (χ0) is 19.2. The number of anilines is 1. The SMILES string of the molecule is COc1ccc(Oc2cc(C(=O)Nc3cc[nH]n3)cc(OC(C)C)n2)cc1. The molecule has 8 heteroatoms. The first-order valence-corrected chi connectivity index (χ1v) is 8.35. The van der Waals surface area contributed by atoms with Gasteiger partial charge in [-0.15, -0.1) is 0 Å². The number of benzene rings is 1. The van der Waals surface area contributed by atoms with Crippen molar-refractivity contribution >= 4 is 11.7 Å². The van der Waals surface area contributed by atoms with E-state index in [1.165, 1.54) is 0 Å². The number of hydrogen-bond acceptors (Lipinski definition) is 6. The third kappa shape index (κ3) is 4.97. The van der Waals surface area contributed by atoms with E-state index < -0.39 is 0 Å². The van der Waals surface area contributed by atoms with Gasteiger partial charge in [0.15, 0.2) is 5.82 Å². The number of aromatic amines is 1. The second-order valence-electron chi connectivity index (χ2n) is 5.89. The van der Waals surface area contributed by atoms with Gasteiger partial charge in [0.2, 0.25) is 11.8 Å². The number of carbonyl (C=O) groups is 1. The van der Waals surface area contributed by atoms with Gasteiger partial charge in [0.05, 0.1) is 18.8 Å². The van der Waals surface area contributed by atoms with Gasteiger partial charge in [-0.1, -0.05) is 0 Å². The normalized spacial score (nSPS) is 10.5. The van der Waals surface area contributed by atoms with Gasteiger partial charge < -0.3 is 19.5 Å². The number of H-pyrrole nitrogens is 1. The van der Waals surface area contributed by atoms with Crippen molar-refractivity contribution < 1.29 is 19.0 Å². The van der Waals surface area contributed by atoms with Gasteiger partial charge in [0.25, 0.3) is 5.91 Å². The Morgan fingerprint density at radius 3 is 2.41 bits per heavy atom. The molecule has 0 aliphatic carbocycles. The van der Waals surface area contributed by atoms with Crippen LogP contribution in [0.3, 0.4) is 0 Å². The van der Waals surface area contributed by atoms with E-state index >= 15 is 0 Å². The van der Waals surface area contributed by atoms with Crippen molar-refractivity contribution in [2.24, 2.45) is 0 Å². The fraction of sp³-hybridized carbons (Fsp3) is 0.211. The third-order valence-electron chi connectivity index (χ3n) is 3.42. The molecule has 2 heterocycles. The number of hydrogen-bond donors (Lipinski definition) is 2. The van der Waals surface area contributed by atoms with Crippen LogP contribution in [0.1, 0.15) is 24.2 Å². The van der Waals surface area contributed by atoms with Gasteiger partial charge in [0.1, 0.15) is 11.5 Å². The molecule has 3 aromatic rings. The topological polar surface area (TPSA) is 98.4 Å². The lowest BCUT2D eigenvalue weighted by Gasteiger charge is -2.13.